The number of nitrogens with zero attached hydrogens (tertiary/aromatic N) is 2. The lowest BCUT2D eigenvalue weighted by Gasteiger charge is -2.32. The summed E-state index contributed by atoms with van der Waals surface area (Å²) >= 11 is 0. The molecule has 1 fully saturated rings. The van der Waals surface area contributed by atoms with Crippen molar-refractivity contribution in [3.8, 4) is 0 Å². The van der Waals surface area contributed by atoms with Crippen molar-refractivity contribution in [2.45, 2.75) is 75.4 Å². The van der Waals surface area contributed by atoms with E-state index in [1.165, 1.54) is 4.31 Å². The van der Waals surface area contributed by atoms with Crippen LogP contribution in [0.4, 0.5) is 5.69 Å². The van der Waals surface area contributed by atoms with Crippen LogP contribution in [0.15, 0.2) is 95.9 Å². The van der Waals surface area contributed by atoms with Crippen molar-refractivity contribution in [3.63, 3.8) is 0 Å². The summed E-state index contributed by atoms with van der Waals surface area (Å²) in [7, 11) is -3.71. The van der Waals surface area contributed by atoms with Gasteiger partial charge in [0, 0.05) is 37.4 Å². The lowest BCUT2D eigenvalue weighted by molar-refractivity contribution is -0.141. The number of benzene rings is 4. The fourth-order valence-electron chi connectivity index (χ4n) is 6.65. The minimum absolute atomic E-state index is 0.117. The Labute approximate surface area is 259 Å². The maximum Gasteiger partial charge on any atom is 0.265 e. The maximum atomic E-state index is 14.1. The molecule has 4 aromatic rings. The van der Waals surface area contributed by atoms with E-state index in [4.69, 9.17) is 0 Å². The van der Waals surface area contributed by atoms with Crippen LogP contribution < -0.4 is 9.62 Å². The summed E-state index contributed by atoms with van der Waals surface area (Å²) in [5, 5.41) is 4.85. The number of anilines is 1. The summed E-state index contributed by atoms with van der Waals surface area (Å²) < 4.78 is 28.4. The van der Waals surface area contributed by atoms with Crippen molar-refractivity contribution in [1.29, 1.82) is 0 Å². The Balaban J connectivity index is 1.25. The van der Waals surface area contributed by atoms with Crippen molar-refractivity contribution < 1.29 is 18.0 Å². The number of carbonyl (C=O) groups excluding carboxylic acids is 2. The molecule has 228 valence electrons. The van der Waals surface area contributed by atoms with E-state index in [1.54, 1.807) is 17.0 Å². The normalized spacial score (nSPS) is 16.2. The minimum Gasteiger partial charge on any atom is -0.352 e. The zero-order valence-corrected chi connectivity index (χ0v) is 25.9. The Bertz CT molecular complexity index is 1760. The van der Waals surface area contributed by atoms with Crippen LogP contribution in [0.25, 0.3) is 10.8 Å². The third-order valence-corrected chi connectivity index (χ3v) is 10.7. The standard InChI is InChI=1S/C36H39N3O4S/c1-26-11-7-14-28(23-26)25-38(32(24-27-12-3-2-4-13-27)36(41)37-30-17-5-6-18-30)34(40)21-10-22-39-31-19-8-15-29-16-9-20-33(35(29)31)44(39,42)43/h2-4,7-9,11-16,19-20,23,30,32H,5-6,10,17-18,21-22,24-25H2,1H3,(H,37,41)/t32-/m0/s1. The lowest BCUT2D eigenvalue weighted by atomic mass is 10.0. The number of rotatable bonds is 11. The van der Waals surface area contributed by atoms with Crippen LogP contribution in [0.2, 0.25) is 0 Å². The highest BCUT2D eigenvalue weighted by Crippen LogP contribution is 2.42. The maximum absolute atomic E-state index is 14.1. The molecular formula is C36H39N3O4S. The lowest BCUT2D eigenvalue weighted by Crippen LogP contribution is -2.52. The molecule has 44 heavy (non-hydrogen) atoms. The zero-order chi connectivity index (χ0) is 30.7. The van der Waals surface area contributed by atoms with Gasteiger partial charge in [-0.1, -0.05) is 97.3 Å². The van der Waals surface area contributed by atoms with Gasteiger partial charge in [-0.05, 0) is 54.8 Å². The van der Waals surface area contributed by atoms with Gasteiger partial charge >= 0.3 is 0 Å². The Morgan fingerprint density at radius 1 is 0.909 bits per heavy atom. The second-order valence-corrected chi connectivity index (χ2v) is 13.8. The number of aryl methyl sites for hydroxylation is 1. The first-order chi connectivity index (χ1) is 21.3. The molecule has 1 N–H and O–H groups in total. The molecule has 7 nitrogen and oxygen atoms in total. The van der Waals surface area contributed by atoms with Crippen molar-refractivity contribution in [2.24, 2.45) is 0 Å². The molecule has 1 aliphatic carbocycles. The molecule has 1 atom stereocenters. The molecule has 6 rings (SSSR count). The second-order valence-electron chi connectivity index (χ2n) is 12.0. The van der Waals surface area contributed by atoms with E-state index >= 15 is 0 Å². The van der Waals surface area contributed by atoms with Gasteiger partial charge in [-0.25, -0.2) is 8.42 Å². The Morgan fingerprint density at radius 3 is 2.36 bits per heavy atom. The van der Waals surface area contributed by atoms with Crippen LogP contribution in [0.5, 0.6) is 0 Å². The Morgan fingerprint density at radius 2 is 1.61 bits per heavy atom. The molecule has 0 aromatic heterocycles. The van der Waals surface area contributed by atoms with Crippen molar-refractivity contribution in [1.82, 2.24) is 10.2 Å². The molecule has 2 aliphatic rings. The van der Waals surface area contributed by atoms with Crippen LogP contribution in [-0.2, 0) is 32.6 Å². The molecule has 8 heteroatoms. The first kappa shape index (κ1) is 29.9. The molecule has 2 amide bonds. The predicted octanol–water partition coefficient (Wildman–Crippen LogP) is 6.14. The van der Waals surface area contributed by atoms with E-state index in [-0.39, 0.29) is 30.8 Å². The monoisotopic (exact) mass is 609 g/mol. The van der Waals surface area contributed by atoms with E-state index in [9.17, 15) is 18.0 Å². The summed E-state index contributed by atoms with van der Waals surface area (Å²) in [6.45, 7) is 2.49. The molecule has 0 saturated heterocycles. The van der Waals surface area contributed by atoms with Gasteiger partial charge in [-0.15, -0.1) is 0 Å². The molecule has 1 heterocycles. The Hall–Kier alpha value is -4.17. The van der Waals surface area contributed by atoms with Gasteiger partial charge in [0.05, 0.1) is 10.6 Å². The molecule has 0 unspecified atom stereocenters. The summed E-state index contributed by atoms with van der Waals surface area (Å²) in [4.78, 5) is 30.1. The minimum atomic E-state index is -3.71. The van der Waals surface area contributed by atoms with Gasteiger partial charge in [0.15, 0.2) is 0 Å². The highest BCUT2D eigenvalue weighted by Gasteiger charge is 2.36. The van der Waals surface area contributed by atoms with Gasteiger partial charge in [0.2, 0.25) is 11.8 Å². The third-order valence-electron chi connectivity index (χ3n) is 8.84. The summed E-state index contributed by atoms with van der Waals surface area (Å²) in [6, 6.07) is 28.2. The second kappa shape index (κ2) is 12.8. The molecule has 4 aromatic carbocycles. The van der Waals surface area contributed by atoms with E-state index in [2.05, 4.69) is 5.32 Å². The zero-order valence-electron chi connectivity index (χ0n) is 25.1. The highest BCUT2D eigenvalue weighted by atomic mass is 32.2. The van der Waals surface area contributed by atoms with E-state index < -0.39 is 16.1 Å². The van der Waals surface area contributed by atoms with Gasteiger partial charge in [0.25, 0.3) is 10.0 Å². The van der Waals surface area contributed by atoms with E-state index in [0.29, 0.717) is 30.0 Å². The van der Waals surface area contributed by atoms with Crippen LogP contribution in [-0.4, -0.2) is 43.8 Å². The van der Waals surface area contributed by atoms with Crippen LogP contribution in [0, 0.1) is 6.92 Å². The van der Waals surface area contributed by atoms with Gasteiger partial charge < -0.3 is 10.2 Å². The number of nitrogens with one attached hydrogen (secondary N) is 1. The van der Waals surface area contributed by atoms with E-state index in [0.717, 1.165) is 53.1 Å². The van der Waals surface area contributed by atoms with Crippen LogP contribution in [0.3, 0.4) is 0 Å². The average molecular weight is 610 g/mol. The Kier molecular flexibility index (Phi) is 8.71. The summed E-state index contributed by atoms with van der Waals surface area (Å²) in [6.07, 6.45) is 4.94. The highest BCUT2D eigenvalue weighted by molar-refractivity contribution is 7.93. The fraction of sp³-hybridized carbons (Fsp3) is 0.333. The third kappa shape index (κ3) is 6.22. The molecule has 0 radical (unpaired) electrons. The van der Waals surface area contributed by atoms with Crippen LogP contribution in [0.1, 0.15) is 55.2 Å². The van der Waals surface area contributed by atoms with E-state index in [1.807, 2.05) is 85.8 Å². The number of sulfonamides is 1. The molecule has 0 spiro atoms. The topological polar surface area (TPSA) is 86.8 Å². The average Bonchev–Trinajstić information content (AvgIpc) is 3.61. The van der Waals surface area contributed by atoms with Gasteiger partial charge in [-0.2, -0.15) is 0 Å². The van der Waals surface area contributed by atoms with Crippen LogP contribution >= 0.6 is 0 Å². The first-order valence-electron chi connectivity index (χ1n) is 15.5. The van der Waals surface area contributed by atoms with Gasteiger partial charge in [0.1, 0.15) is 6.04 Å². The quantitative estimate of drug-likeness (QED) is 0.222. The fourth-order valence-corrected chi connectivity index (χ4v) is 8.39. The van der Waals surface area contributed by atoms with Crippen molar-refractivity contribution in [2.75, 3.05) is 10.8 Å². The smallest absolute Gasteiger partial charge is 0.265 e. The number of hydrogen-bond acceptors (Lipinski definition) is 4. The number of carbonyl (C=O) groups is 2. The summed E-state index contributed by atoms with van der Waals surface area (Å²) in [5.74, 6) is -0.299. The predicted molar refractivity (Wildman–Crippen MR) is 174 cm³/mol. The van der Waals surface area contributed by atoms with Crippen molar-refractivity contribution in [3.05, 3.63) is 108 Å². The number of amides is 2. The molecular weight excluding hydrogens is 570 g/mol. The number of hydrogen-bond donors (Lipinski definition) is 1. The first-order valence-corrected chi connectivity index (χ1v) is 17.0. The SMILES string of the molecule is Cc1cccc(CN(C(=O)CCCN2c3cccc4cccc(c34)S2(=O)=O)[C@@H](Cc2ccccc2)C(=O)NC2CCCC2)c1. The molecule has 0 bridgehead atoms. The van der Waals surface area contributed by atoms with Gasteiger partial charge in [-0.3, -0.25) is 13.9 Å². The largest absolute Gasteiger partial charge is 0.352 e. The summed E-state index contributed by atoms with van der Waals surface area (Å²) in [5.41, 5.74) is 3.67. The van der Waals surface area contributed by atoms with Crippen molar-refractivity contribution >= 4 is 38.3 Å². The molecule has 1 saturated carbocycles. The molecule has 1 aliphatic heterocycles.